The van der Waals surface area contributed by atoms with E-state index in [2.05, 4.69) is 25.9 Å². The molecular weight excluding hydrogens is 399 g/mol. The van der Waals surface area contributed by atoms with Crippen LogP contribution in [0.3, 0.4) is 0 Å². The molecule has 1 aliphatic carbocycles. The molecule has 1 fully saturated rings. The number of carbonyl (C=O) groups excluding carboxylic acids is 1. The summed E-state index contributed by atoms with van der Waals surface area (Å²) >= 11 is 2.57. The molecule has 0 unspecified atom stereocenters. The molecule has 2 aromatic heterocycles. The SMILES string of the molecule is O=C(CSc1nnc(Nc2ccccc2F)s1)Nc1ccnn1C1CCCC1. The van der Waals surface area contributed by atoms with Crippen molar-refractivity contribution in [3.05, 3.63) is 42.3 Å². The van der Waals surface area contributed by atoms with Gasteiger partial charge in [-0.15, -0.1) is 10.2 Å². The second-order valence-electron chi connectivity index (χ2n) is 6.41. The Morgan fingerprint density at radius 1 is 1.25 bits per heavy atom. The molecule has 1 aromatic carbocycles. The molecule has 0 spiro atoms. The summed E-state index contributed by atoms with van der Waals surface area (Å²) < 4.78 is 16.2. The second kappa shape index (κ2) is 8.70. The highest BCUT2D eigenvalue weighted by Crippen LogP contribution is 2.32. The number of nitrogens with zero attached hydrogens (tertiary/aromatic N) is 4. The summed E-state index contributed by atoms with van der Waals surface area (Å²) in [5.74, 6) is 0.467. The highest BCUT2D eigenvalue weighted by atomic mass is 32.2. The molecular formula is C18H19FN6OS2. The summed E-state index contributed by atoms with van der Waals surface area (Å²) in [6.45, 7) is 0. The molecule has 28 heavy (non-hydrogen) atoms. The molecule has 0 bridgehead atoms. The number of aromatic nitrogens is 4. The number of hydrogen-bond donors (Lipinski definition) is 2. The zero-order valence-corrected chi connectivity index (χ0v) is 16.6. The molecule has 2 N–H and O–H groups in total. The van der Waals surface area contributed by atoms with E-state index in [1.807, 2.05) is 10.7 Å². The van der Waals surface area contributed by atoms with Gasteiger partial charge in [-0.05, 0) is 25.0 Å². The van der Waals surface area contributed by atoms with Crippen LogP contribution in [0.5, 0.6) is 0 Å². The molecule has 4 rings (SSSR count). The highest BCUT2D eigenvalue weighted by molar-refractivity contribution is 8.01. The van der Waals surface area contributed by atoms with E-state index in [1.165, 1.54) is 42.0 Å². The molecule has 0 radical (unpaired) electrons. The molecule has 3 aromatic rings. The van der Waals surface area contributed by atoms with E-state index in [-0.39, 0.29) is 17.5 Å². The van der Waals surface area contributed by atoms with Crippen molar-refractivity contribution in [2.75, 3.05) is 16.4 Å². The Labute approximate surface area is 169 Å². The normalized spacial score (nSPS) is 14.3. The van der Waals surface area contributed by atoms with E-state index < -0.39 is 0 Å². The van der Waals surface area contributed by atoms with Crippen molar-refractivity contribution in [3.63, 3.8) is 0 Å². The number of anilines is 3. The first kappa shape index (κ1) is 18.9. The Balaban J connectivity index is 1.30. The predicted molar refractivity (Wildman–Crippen MR) is 109 cm³/mol. The fraction of sp³-hybridized carbons (Fsp3) is 0.333. The zero-order chi connectivity index (χ0) is 19.3. The van der Waals surface area contributed by atoms with Gasteiger partial charge in [0, 0.05) is 6.07 Å². The topological polar surface area (TPSA) is 84.7 Å². The van der Waals surface area contributed by atoms with Gasteiger partial charge >= 0.3 is 0 Å². The first-order valence-corrected chi connectivity index (χ1v) is 10.8. The molecule has 0 aliphatic heterocycles. The maximum Gasteiger partial charge on any atom is 0.235 e. The lowest BCUT2D eigenvalue weighted by Gasteiger charge is -2.14. The zero-order valence-electron chi connectivity index (χ0n) is 15.0. The minimum Gasteiger partial charge on any atom is -0.328 e. The molecule has 7 nitrogen and oxygen atoms in total. The smallest absolute Gasteiger partial charge is 0.235 e. The molecule has 1 aliphatic rings. The van der Waals surface area contributed by atoms with Gasteiger partial charge in [0.15, 0.2) is 4.34 Å². The lowest BCUT2D eigenvalue weighted by Crippen LogP contribution is -2.19. The first-order chi connectivity index (χ1) is 13.7. The lowest BCUT2D eigenvalue weighted by atomic mass is 10.2. The van der Waals surface area contributed by atoms with Crippen molar-refractivity contribution >= 4 is 45.6 Å². The maximum absolute atomic E-state index is 13.7. The van der Waals surface area contributed by atoms with Gasteiger partial charge in [0.1, 0.15) is 11.6 Å². The minimum atomic E-state index is -0.356. The third-order valence-corrected chi connectivity index (χ3v) is 6.43. The fourth-order valence-corrected chi connectivity index (χ4v) is 4.72. The van der Waals surface area contributed by atoms with Gasteiger partial charge in [-0.2, -0.15) is 5.10 Å². The molecule has 0 atom stereocenters. The summed E-state index contributed by atoms with van der Waals surface area (Å²) in [5, 5.41) is 18.7. The monoisotopic (exact) mass is 418 g/mol. The van der Waals surface area contributed by atoms with Crippen LogP contribution in [0.1, 0.15) is 31.7 Å². The standard InChI is InChI=1S/C18H19FN6OS2/c19-13-7-3-4-8-14(13)21-17-23-24-18(28-17)27-11-16(26)22-15-9-10-20-25(15)12-5-1-2-6-12/h3-4,7-10,12H,1-2,5-6,11H2,(H,21,23)(H,22,26). The summed E-state index contributed by atoms with van der Waals surface area (Å²) in [7, 11) is 0. The summed E-state index contributed by atoms with van der Waals surface area (Å²) in [4.78, 5) is 12.3. The summed E-state index contributed by atoms with van der Waals surface area (Å²) in [6, 6.07) is 8.56. The summed E-state index contributed by atoms with van der Waals surface area (Å²) in [5.41, 5.74) is 0.341. The number of nitrogens with one attached hydrogen (secondary N) is 2. The minimum absolute atomic E-state index is 0.122. The van der Waals surface area contributed by atoms with Crippen LogP contribution in [0.15, 0.2) is 40.9 Å². The largest absolute Gasteiger partial charge is 0.328 e. The third-order valence-electron chi connectivity index (χ3n) is 4.46. The van der Waals surface area contributed by atoms with Crippen molar-refractivity contribution in [1.82, 2.24) is 20.0 Å². The number of thioether (sulfide) groups is 1. The van der Waals surface area contributed by atoms with Gasteiger partial charge in [-0.1, -0.05) is 48.1 Å². The van der Waals surface area contributed by atoms with Gasteiger partial charge in [-0.3, -0.25) is 4.79 Å². The van der Waals surface area contributed by atoms with Crippen LogP contribution in [0.2, 0.25) is 0 Å². The Morgan fingerprint density at radius 2 is 2.07 bits per heavy atom. The van der Waals surface area contributed by atoms with E-state index >= 15 is 0 Å². The van der Waals surface area contributed by atoms with Gasteiger partial charge in [0.25, 0.3) is 0 Å². The van der Waals surface area contributed by atoms with Crippen molar-refractivity contribution in [3.8, 4) is 0 Å². The third kappa shape index (κ3) is 4.50. The van der Waals surface area contributed by atoms with E-state index in [4.69, 9.17) is 0 Å². The summed E-state index contributed by atoms with van der Waals surface area (Å²) in [6.07, 6.45) is 6.32. The van der Waals surface area contributed by atoms with Crippen LogP contribution in [-0.4, -0.2) is 31.6 Å². The van der Waals surface area contributed by atoms with E-state index in [9.17, 15) is 9.18 Å². The number of para-hydroxylation sites is 1. The Bertz CT molecular complexity index is 953. The molecule has 1 saturated carbocycles. The molecule has 2 heterocycles. The Morgan fingerprint density at radius 3 is 2.89 bits per heavy atom. The van der Waals surface area contributed by atoms with Crippen LogP contribution in [0.4, 0.5) is 21.0 Å². The van der Waals surface area contributed by atoms with Gasteiger partial charge in [0.2, 0.25) is 11.0 Å². The van der Waals surface area contributed by atoms with Crippen molar-refractivity contribution < 1.29 is 9.18 Å². The number of carbonyl (C=O) groups is 1. The molecule has 146 valence electrons. The fourth-order valence-electron chi connectivity index (χ4n) is 3.16. The lowest BCUT2D eigenvalue weighted by molar-refractivity contribution is -0.113. The average Bonchev–Trinajstić information content (AvgIpc) is 3.43. The molecule has 1 amide bonds. The van der Waals surface area contributed by atoms with Crippen molar-refractivity contribution in [2.24, 2.45) is 0 Å². The Kier molecular flexibility index (Phi) is 5.87. The van der Waals surface area contributed by atoms with E-state index in [1.54, 1.807) is 24.4 Å². The number of amides is 1. The van der Waals surface area contributed by atoms with Crippen molar-refractivity contribution in [1.29, 1.82) is 0 Å². The van der Waals surface area contributed by atoms with Crippen LogP contribution in [-0.2, 0) is 4.79 Å². The van der Waals surface area contributed by atoms with Crippen LogP contribution in [0.25, 0.3) is 0 Å². The van der Waals surface area contributed by atoms with Gasteiger partial charge in [0.05, 0.1) is 23.7 Å². The van der Waals surface area contributed by atoms with E-state index in [0.717, 1.165) is 18.7 Å². The van der Waals surface area contributed by atoms with Gasteiger partial charge in [-0.25, -0.2) is 9.07 Å². The number of halogens is 1. The molecule has 0 saturated heterocycles. The number of hydrogen-bond acceptors (Lipinski definition) is 7. The van der Waals surface area contributed by atoms with Gasteiger partial charge < -0.3 is 10.6 Å². The maximum atomic E-state index is 13.7. The van der Waals surface area contributed by atoms with Crippen LogP contribution >= 0.6 is 23.1 Å². The van der Waals surface area contributed by atoms with E-state index in [0.29, 0.717) is 21.2 Å². The number of benzene rings is 1. The quantitative estimate of drug-likeness (QED) is 0.551. The van der Waals surface area contributed by atoms with Crippen LogP contribution < -0.4 is 10.6 Å². The second-order valence-corrected chi connectivity index (χ2v) is 8.61. The average molecular weight is 419 g/mol. The highest BCUT2D eigenvalue weighted by Gasteiger charge is 2.20. The Hall–Kier alpha value is -2.46. The first-order valence-electron chi connectivity index (χ1n) is 9.00. The molecule has 10 heteroatoms. The van der Waals surface area contributed by atoms with Crippen molar-refractivity contribution in [2.45, 2.75) is 36.1 Å². The van der Waals surface area contributed by atoms with Crippen LogP contribution in [0, 0.1) is 5.82 Å². The number of rotatable bonds is 7. The predicted octanol–water partition coefficient (Wildman–Crippen LogP) is 4.46.